The molecule has 1 heterocycles. The minimum atomic E-state index is 0.181. The quantitative estimate of drug-likeness (QED) is 0.609. The van der Waals surface area contributed by atoms with E-state index in [1.807, 2.05) is 54.6 Å². The molecule has 0 aliphatic heterocycles. The van der Waals surface area contributed by atoms with Crippen molar-refractivity contribution in [1.29, 1.82) is 0 Å². The second-order valence-corrected chi connectivity index (χ2v) is 6.21. The SMILES string of the molecule is OCCCNCc1nn(Cc2cccc(Cl)c2)nc1-c1ccccc1. The number of nitrogens with one attached hydrogen (secondary N) is 1. The molecule has 0 unspecified atom stereocenters. The third-order valence-corrected chi connectivity index (χ3v) is 4.02. The number of hydrogen-bond acceptors (Lipinski definition) is 4. The minimum Gasteiger partial charge on any atom is -0.396 e. The maximum absolute atomic E-state index is 8.90. The van der Waals surface area contributed by atoms with E-state index in [-0.39, 0.29) is 6.61 Å². The Kier molecular flexibility index (Phi) is 6.17. The summed E-state index contributed by atoms with van der Waals surface area (Å²) in [6, 6.07) is 17.8. The summed E-state index contributed by atoms with van der Waals surface area (Å²) in [6.45, 7) is 2.10. The zero-order valence-electron chi connectivity index (χ0n) is 13.9. The van der Waals surface area contributed by atoms with E-state index in [2.05, 4.69) is 15.5 Å². The van der Waals surface area contributed by atoms with Crippen molar-refractivity contribution in [3.63, 3.8) is 0 Å². The van der Waals surface area contributed by atoms with Crippen LogP contribution in [0.4, 0.5) is 0 Å². The average molecular weight is 357 g/mol. The molecule has 1 aromatic heterocycles. The second-order valence-electron chi connectivity index (χ2n) is 5.78. The van der Waals surface area contributed by atoms with Crippen molar-refractivity contribution in [3.05, 3.63) is 70.9 Å². The molecule has 0 bridgehead atoms. The highest BCUT2D eigenvalue weighted by Crippen LogP contribution is 2.20. The number of halogens is 1. The van der Waals surface area contributed by atoms with Gasteiger partial charge in [0.15, 0.2) is 0 Å². The van der Waals surface area contributed by atoms with Crippen LogP contribution in [0.15, 0.2) is 54.6 Å². The number of aliphatic hydroxyl groups excluding tert-OH is 1. The van der Waals surface area contributed by atoms with Crippen LogP contribution in [0.3, 0.4) is 0 Å². The molecule has 0 aliphatic carbocycles. The third-order valence-electron chi connectivity index (χ3n) is 3.79. The average Bonchev–Trinajstić information content (AvgIpc) is 3.02. The van der Waals surface area contributed by atoms with Gasteiger partial charge in [0.1, 0.15) is 11.4 Å². The molecule has 3 aromatic rings. The van der Waals surface area contributed by atoms with Gasteiger partial charge in [-0.25, -0.2) is 0 Å². The molecule has 0 saturated heterocycles. The summed E-state index contributed by atoms with van der Waals surface area (Å²) in [5.41, 5.74) is 3.87. The van der Waals surface area contributed by atoms with Crippen LogP contribution < -0.4 is 5.32 Å². The molecular formula is C19H21ClN4O. The summed E-state index contributed by atoms with van der Waals surface area (Å²) in [5, 5.41) is 22.2. The number of benzene rings is 2. The van der Waals surface area contributed by atoms with Crippen molar-refractivity contribution in [2.75, 3.05) is 13.2 Å². The van der Waals surface area contributed by atoms with E-state index in [0.29, 0.717) is 18.1 Å². The molecule has 0 amide bonds. The summed E-state index contributed by atoms with van der Waals surface area (Å²) in [4.78, 5) is 1.71. The van der Waals surface area contributed by atoms with Crippen LogP contribution in [0, 0.1) is 0 Å². The molecule has 0 fully saturated rings. The molecule has 2 aromatic carbocycles. The van der Waals surface area contributed by atoms with Crippen LogP contribution in [0.5, 0.6) is 0 Å². The van der Waals surface area contributed by atoms with Gasteiger partial charge in [-0.05, 0) is 30.7 Å². The standard InChI is InChI=1S/C19H21ClN4O/c20-17-9-4-6-15(12-17)14-24-22-18(13-21-10-5-11-25)19(23-24)16-7-2-1-3-8-16/h1-4,6-9,12,21,25H,5,10-11,13-14H2. The molecule has 6 heteroatoms. The summed E-state index contributed by atoms with van der Waals surface area (Å²) in [5.74, 6) is 0. The Morgan fingerprint density at radius 3 is 2.64 bits per heavy atom. The molecule has 0 aliphatic rings. The Hall–Kier alpha value is -2.21. The fourth-order valence-corrected chi connectivity index (χ4v) is 2.81. The molecule has 0 atom stereocenters. The fourth-order valence-electron chi connectivity index (χ4n) is 2.60. The highest BCUT2D eigenvalue weighted by atomic mass is 35.5. The van der Waals surface area contributed by atoms with E-state index in [9.17, 15) is 0 Å². The van der Waals surface area contributed by atoms with Gasteiger partial charge < -0.3 is 10.4 Å². The summed E-state index contributed by atoms with van der Waals surface area (Å²) in [6.07, 6.45) is 0.720. The predicted octanol–water partition coefficient (Wildman–Crippen LogP) is 3.12. The normalized spacial score (nSPS) is 11.0. The third kappa shape index (κ3) is 4.89. The number of hydrogen-bond donors (Lipinski definition) is 2. The molecule has 3 rings (SSSR count). The Balaban J connectivity index is 1.83. The van der Waals surface area contributed by atoms with Crippen LogP contribution in [0.1, 0.15) is 17.7 Å². The van der Waals surface area contributed by atoms with E-state index in [1.54, 1.807) is 4.80 Å². The van der Waals surface area contributed by atoms with Crippen LogP contribution >= 0.6 is 11.6 Å². The zero-order valence-corrected chi connectivity index (χ0v) is 14.7. The van der Waals surface area contributed by atoms with Gasteiger partial charge in [-0.3, -0.25) is 0 Å². The number of nitrogens with zero attached hydrogens (tertiary/aromatic N) is 3. The van der Waals surface area contributed by atoms with Crippen molar-refractivity contribution >= 4 is 11.6 Å². The van der Waals surface area contributed by atoms with Gasteiger partial charge in [0.2, 0.25) is 0 Å². The highest BCUT2D eigenvalue weighted by molar-refractivity contribution is 6.30. The lowest BCUT2D eigenvalue weighted by Gasteiger charge is -2.02. The first-order valence-corrected chi connectivity index (χ1v) is 8.69. The minimum absolute atomic E-state index is 0.181. The van der Waals surface area contributed by atoms with E-state index < -0.39 is 0 Å². The first kappa shape index (κ1) is 17.6. The first-order chi connectivity index (χ1) is 12.3. The van der Waals surface area contributed by atoms with Crippen LogP contribution in [0.25, 0.3) is 11.3 Å². The summed E-state index contributed by atoms with van der Waals surface area (Å²) >= 11 is 6.06. The van der Waals surface area contributed by atoms with Crippen molar-refractivity contribution in [3.8, 4) is 11.3 Å². The van der Waals surface area contributed by atoms with Gasteiger partial charge in [-0.2, -0.15) is 15.0 Å². The number of rotatable bonds is 8. The van der Waals surface area contributed by atoms with Crippen LogP contribution in [0.2, 0.25) is 5.02 Å². The van der Waals surface area contributed by atoms with Crippen molar-refractivity contribution in [1.82, 2.24) is 20.3 Å². The number of aromatic nitrogens is 3. The van der Waals surface area contributed by atoms with Gasteiger partial charge in [0.25, 0.3) is 0 Å². The van der Waals surface area contributed by atoms with Crippen molar-refractivity contribution in [2.24, 2.45) is 0 Å². The van der Waals surface area contributed by atoms with E-state index in [1.165, 1.54) is 0 Å². The Bertz CT molecular complexity index is 804. The lowest BCUT2D eigenvalue weighted by atomic mass is 10.1. The maximum atomic E-state index is 8.90. The van der Waals surface area contributed by atoms with E-state index >= 15 is 0 Å². The molecule has 130 valence electrons. The molecule has 0 saturated carbocycles. The lowest BCUT2D eigenvalue weighted by Crippen LogP contribution is -2.16. The molecule has 0 spiro atoms. The molecular weight excluding hydrogens is 336 g/mol. The number of aliphatic hydroxyl groups is 1. The van der Waals surface area contributed by atoms with Gasteiger partial charge in [-0.15, -0.1) is 0 Å². The highest BCUT2D eigenvalue weighted by Gasteiger charge is 2.13. The van der Waals surface area contributed by atoms with Crippen LogP contribution in [-0.4, -0.2) is 33.3 Å². The van der Waals surface area contributed by atoms with Crippen LogP contribution in [-0.2, 0) is 13.1 Å². The zero-order chi connectivity index (χ0) is 17.5. The molecule has 2 N–H and O–H groups in total. The Morgan fingerprint density at radius 1 is 1.04 bits per heavy atom. The van der Waals surface area contributed by atoms with Crippen molar-refractivity contribution in [2.45, 2.75) is 19.5 Å². The van der Waals surface area contributed by atoms with Gasteiger partial charge >= 0.3 is 0 Å². The largest absolute Gasteiger partial charge is 0.396 e. The second kappa shape index (κ2) is 8.76. The topological polar surface area (TPSA) is 63.0 Å². The summed E-state index contributed by atoms with van der Waals surface area (Å²) < 4.78 is 0. The predicted molar refractivity (Wildman–Crippen MR) is 99.4 cm³/mol. The molecule has 25 heavy (non-hydrogen) atoms. The molecule has 5 nitrogen and oxygen atoms in total. The Morgan fingerprint density at radius 2 is 1.88 bits per heavy atom. The Labute approximate surface area is 152 Å². The fraction of sp³-hybridized carbons (Fsp3) is 0.263. The van der Waals surface area contributed by atoms with E-state index in [4.69, 9.17) is 16.7 Å². The summed E-state index contributed by atoms with van der Waals surface area (Å²) in [7, 11) is 0. The smallest absolute Gasteiger partial charge is 0.117 e. The first-order valence-electron chi connectivity index (χ1n) is 8.31. The molecule has 0 radical (unpaired) electrons. The van der Waals surface area contributed by atoms with Crippen molar-refractivity contribution < 1.29 is 5.11 Å². The van der Waals surface area contributed by atoms with Gasteiger partial charge in [0, 0.05) is 23.7 Å². The lowest BCUT2D eigenvalue weighted by molar-refractivity contribution is 0.286. The van der Waals surface area contributed by atoms with Gasteiger partial charge in [-0.1, -0.05) is 54.1 Å². The van der Waals surface area contributed by atoms with Gasteiger partial charge in [0.05, 0.1) is 6.54 Å². The maximum Gasteiger partial charge on any atom is 0.117 e. The van der Waals surface area contributed by atoms with E-state index in [0.717, 1.165) is 35.5 Å². The monoisotopic (exact) mass is 356 g/mol.